The molecule has 24 heavy (non-hydrogen) atoms. The number of nitrogens with zero attached hydrogens (tertiary/aromatic N) is 1. The molecule has 0 aromatic heterocycles. The number of nitrogens with two attached hydrogens (primary N) is 2. The summed E-state index contributed by atoms with van der Waals surface area (Å²) < 4.78 is 13.9. The van der Waals surface area contributed by atoms with Crippen molar-refractivity contribution in [2.45, 2.75) is 32.2 Å². The van der Waals surface area contributed by atoms with Crippen molar-refractivity contribution in [3.8, 4) is 0 Å². The highest BCUT2D eigenvalue weighted by Gasteiger charge is 2.13. The van der Waals surface area contributed by atoms with Crippen LogP contribution in [0.5, 0.6) is 0 Å². The van der Waals surface area contributed by atoms with Gasteiger partial charge in [0.25, 0.3) is 0 Å². The van der Waals surface area contributed by atoms with E-state index in [0.29, 0.717) is 37.3 Å². The number of benzene rings is 1. The largest absolute Gasteiger partial charge is 0.392 e. The van der Waals surface area contributed by atoms with Crippen molar-refractivity contribution in [1.82, 2.24) is 5.32 Å². The summed E-state index contributed by atoms with van der Waals surface area (Å²) in [6.07, 6.45) is 0.652. The molecule has 1 rings (SSSR count). The third kappa shape index (κ3) is 8.03. The Hall–Kier alpha value is -1.99. The van der Waals surface area contributed by atoms with Gasteiger partial charge in [0.05, 0.1) is 0 Å². The van der Waals surface area contributed by atoms with Gasteiger partial charge in [0.2, 0.25) is 0 Å². The second-order valence-corrected chi connectivity index (χ2v) is 5.48. The first kappa shape index (κ1) is 22.0. The van der Waals surface area contributed by atoms with Gasteiger partial charge in [0.1, 0.15) is 11.9 Å². The zero-order valence-corrected chi connectivity index (χ0v) is 14.8. The van der Waals surface area contributed by atoms with Crippen LogP contribution in [0.15, 0.2) is 35.7 Å². The lowest BCUT2D eigenvalue weighted by Crippen LogP contribution is -2.22. The highest BCUT2D eigenvalue weighted by molar-refractivity contribution is 5.46. The SMILES string of the molecule is C=C(C)NC.CCC(CNc1ccc(C(CN)CN)c(F)c1)N=O. The van der Waals surface area contributed by atoms with E-state index >= 15 is 0 Å². The van der Waals surface area contributed by atoms with Gasteiger partial charge in [-0.15, -0.1) is 0 Å². The van der Waals surface area contributed by atoms with Crippen LogP contribution in [0, 0.1) is 10.7 Å². The molecule has 0 amide bonds. The quantitative estimate of drug-likeness (QED) is 0.517. The van der Waals surface area contributed by atoms with Crippen LogP contribution in [0.3, 0.4) is 0 Å². The molecule has 0 saturated heterocycles. The van der Waals surface area contributed by atoms with E-state index in [4.69, 9.17) is 11.5 Å². The van der Waals surface area contributed by atoms with Crippen LogP contribution < -0.4 is 22.1 Å². The van der Waals surface area contributed by atoms with E-state index in [2.05, 4.69) is 22.4 Å². The summed E-state index contributed by atoms with van der Waals surface area (Å²) in [6.45, 7) is 8.38. The van der Waals surface area contributed by atoms with E-state index in [1.165, 1.54) is 6.07 Å². The molecule has 0 saturated carbocycles. The Morgan fingerprint density at radius 1 is 1.38 bits per heavy atom. The molecule has 1 atom stereocenters. The number of allylic oxidation sites excluding steroid dienone is 1. The summed E-state index contributed by atoms with van der Waals surface area (Å²) in [5.74, 6) is -0.507. The van der Waals surface area contributed by atoms with Gasteiger partial charge < -0.3 is 22.1 Å². The van der Waals surface area contributed by atoms with Gasteiger partial charge in [-0.1, -0.05) is 24.7 Å². The predicted molar refractivity (Wildman–Crippen MR) is 99.5 cm³/mol. The van der Waals surface area contributed by atoms with Crippen LogP contribution in [0.1, 0.15) is 31.7 Å². The van der Waals surface area contributed by atoms with Crippen molar-refractivity contribution in [2.75, 3.05) is 32.0 Å². The van der Waals surface area contributed by atoms with Crippen molar-refractivity contribution in [1.29, 1.82) is 0 Å². The number of nitrogens with one attached hydrogen (secondary N) is 2. The van der Waals surface area contributed by atoms with Gasteiger partial charge in [-0.3, -0.25) is 0 Å². The van der Waals surface area contributed by atoms with Crippen molar-refractivity contribution >= 4 is 5.69 Å². The average Bonchev–Trinajstić information content (AvgIpc) is 2.59. The van der Waals surface area contributed by atoms with Crippen LogP contribution in [0.4, 0.5) is 10.1 Å². The molecule has 0 bridgehead atoms. The average molecular weight is 339 g/mol. The van der Waals surface area contributed by atoms with Crippen molar-refractivity contribution in [3.63, 3.8) is 0 Å². The molecule has 6 nitrogen and oxygen atoms in total. The summed E-state index contributed by atoms with van der Waals surface area (Å²) >= 11 is 0. The Bertz CT molecular complexity index is 506. The highest BCUT2D eigenvalue weighted by atomic mass is 19.1. The molecule has 0 heterocycles. The molecule has 0 spiro atoms. The number of hydrogen-bond donors (Lipinski definition) is 4. The molecule has 6 N–H and O–H groups in total. The molecule has 0 aliphatic heterocycles. The number of hydrogen-bond acceptors (Lipinski definition) is 6. The van der Waals surface area contributed by atoms with Gasteiger partial charge in [-0.25, -0.2) is 4.39 Å². The van der Waals surface area contributed by atoms with E-state index in [-0.39, 0.29) is 17.8 Å². The van der Waals surface area contributed by atoms with Gasteiger partial charge in [0.15, 0.2) is 0 Å². The third-order valence-electron chi connectivity index (χ3n) is 3.60. The zero-order valence-electron chi connectivity index (χ0n) is 14.8. The predicted octanol–water partition coefficient (Wildman–Crippen LogP) is 2.52. The van der Waals surface area contributed by atoms with Crippen LogP contribution in [0.2, 0.25) is 0 Å². The van der Waals surface area contributed by atoms with Crippen molar-refractivity contribution in [2.24, 2.45) is 16.6 Å². The number of nitroso groups, excluding NO2 is 1. The first-order chi connectivity index (χ1) is 11.4. The summed E-state index contributed by atoms with van der Waals surface area (Å²) in [5.41, 5.74) is 13.2. The standard InChI is InChI=1S/C13H21FN4O.C4H9N/c1-2-10(18-19)8-17-11-3-4-12(13(14)5-11)9(6-15)7-16;1-4(2)5-3/h3-5,9-10,17H,2,6-8,15-16H2,1H3;5H,1H2,2-3H3. The number of rotatable bonds is 9. The maximum atomic E-state index is 13.9. The van der Waals surface area contributed by atoms with Crippen LogP contribution >= 0.6 is 0 Å². The maximum absolute atomic E-state index is 13.9. The molecule has 1 aromatic rings. The normalized spacial score (nSPS) is 11.3. The van der Waals surface area contributed by atoms with Crippen LogP contribution in [-0.2, 0) is 0 Å². The van der Waals surface area contributed by atoms with Gasteiger partial charge in [-0.2, -0.15) is 4.91 Å². The molecule has 0 radical (unpaired) electrons. The van der Waals surface area contributed by atoms with Crippen LogP contribution in [-0.4, -0.2) is 32.7 Å². The van der Waals surface area contributed by atoms with E-state index in [1.807, 2.05) is 20.9 Å². The molecule has 0 aliphatic carbocycles. The molecular weight excluding hydrogens is 309 g/mol. The monoisotopic (exact) mass is 339 g/mol. The minimum absolute atomic E-state index is 0.172. The maximum Gasteiger partial charge on any atom is 0.128 e. The number of anilines is 1. The van der Waals surface area contributed by atoms with E-state index in [9.17, 15) is 9.30 Å². The topological polar surface area (TPSA) is 106 Å². The van der Waals surface area contributed by atoms with E-state index < -0.39 is 0 Å². The lowest BCUT2D eigenvalue weighted by Gasteiger charge is -2.15. The zero-order chi connectivity index (χ0) is 18.5. The molecule has 0 aliphatic rings. The fourth-order valence-corrected chi connectivity index (χ4v) is 1.81. The second-order valence-electron chi connectivity index (χ2n) is 5.48. The number of halogens is 1. The first-order valence-electron chi connectivity index (χ1n) is 8.02. The Morgan fingerprint density at radius 3 is 2.33 bits per heavy atom. The van der Waals surface area contributed by atoms with Crippen molar-refractivity contribution in [3.05, 3.63) is 46.8 Å². The van der Waals surface area contributed by atoms with Gasteiger partial charge >= 0.3 is 0 Å². The Labute approximate surface area is 143 Å². The first-order valence-corrected chi connectivity index (χ1v) is 8.02. The Kier molecular flexibility index (Phi) is 11.4. The lowest BCUT2D eigenvalue weighted by atomic mass is 9.98. The molecular formula is C17H30FN5O. The Morgan fingerprint density at radius 2 is 1.96 bits per heavy atom. The smallest absolute Gasteiger partial charge is 0.128 e. The molecule has 1 unspecified atom stereocenters. The fraction of sp³-hybridized carbons (Fsp3) is 0.529. The summed E-state index contributed by atoms with van der Waals surface area (Å²) in [4.78, 5) is 10.5. The second kappa shape index (κ2) is 12.4. The minimum Gasteiger partial charge on any atom is -0.392 e. The fourth-order valence-electron chi connectivity index (χ4n) is 1.81. The van der Waals surface area contributed by atoms with Gasteiger partial charge in [-0.05, 0) is 36.7 Å². The molecule has 136 valence electrons. The Balaban J connectivity index is 0.000000922. The molecule has 1 aromatic carbocycles. The molecule has 0 fully saturated rings. The highest BCUT2D eigenvalue weighted by Crippen LogP contribution is 2.21. The minimum atomic E-state index is -0.335. The summed E-state index contributed by atoms with van der Waals surface area (Å²) in [6, 6.07) is 4.53. The summed E-state index contributed by atoms with van der Waals surface area (Å²) in [7, 11) is 1.85. The van der Waals surface area contributed by atoms with Crippen molar-refractivity contribution < 1.29 is 4.39 Å². The van der Waals surface area contributed by atoms with E-state index in [1.54, 1.807) is 12.1 Å². The molecule has 7 heteroatoms. The van der Waals surface area contributed by atoms with E-state index in [0.717, 1.165) is 5.70 Å². The lowest BCUT2D eigenvalue weighted by molar-refractivity contribution is 0.580. The third-order valence-corrected chi connectivity index (χ3v) is 3.60. The van der Waals surface area contributed by atoms with Gasteiger partial charge in [0, 0.05) is 38.3 Å². The summed E-state index contributed by atoms with van der Waals surface area (Å²) in [5, 5.41) is 8.80. The van der Waals surface area contributed by atoms with Crippen LogP contribution in [0.25, 0.3) is 0 Å².